The molecule has 2 nitrogen and oxygen atoms in total. The predicted octanol–water partition coefficient (Wildman–Crippen LogP) is 3.18. The van der Waals surface area contributed by atoms with E-state index in [1.165, 1.54) is 22.2 Å². The number of nitrogens with one attached hydrogen (secondary N) is 1. The Morgan fingerprint density at radius 3 is 2.62 bits per heavy atom. The Morgan fingerprint density at radius 1 is 1.25 bits per heavy atom. The summed E-state index contributed by atoms with van der Waals surface area (Å²) >= 11 is 0. The number of rotatable bonds is 3. The average Bonchev–Trinajstić information content (AvgIpc) is 2.49. The molecular formula is C14H19NO. The van der Waals surface area contributed by atoms with E-state index in [9.17, 15) is 5.11 Å². The SMILES string of the molecule is Cc1[nH]c2ccccc2c1CCC(C)(C)O. The second-order valence-electron chi connectivity index (χ2n) is 5.09. The summed E-state index contributed by atoms with van der Waals surface area (Å²) in [5.41, 5.74) is 3.14. The molecule has 0 unspecified atom stereocenters. The van der Waals surface area contributed by atoms with Gasteiger partial charge in [-0.2, -0.15) is 0 Å². The molecule has 0 aliphatic heterocycles. The van der Waals surface area contributed by atoms with Gasteiger partial charge in [-0.15, -0.1) is 0 Å². The molecule has 1 aromatic carbocycles. The smallest absolute Gasteiger partial charge is 0.0595 e. The number of para-hydroxylation sites is 1. The molecule has 0 aliphatic rings. The quantitative estimate of drug-likeness (QED) is 0.814. The Labute approximate surface area is 96.3 Å². The third kappa shape index (κ3) is 2.27. The number of aryl methyl sites for hydroxylation is 2. The average molecular weight is 217 g/mol. The van der Waals surface area contributed by atoms with Crippen molar-refractivity contribution in [1.29, 1.82) is 0 Å². The first-order valence-corrected chi connectivity index (χ1v) is 5.76. The maximum Gasteiger partial charge on any atom is 0.0595 e. The molecule has 0 atom stereocenters. The van der Waals surface area contributed by atoms with E-state index in [0.717, 1.165) is 12.8 Å². The first kappa shape index (κ1) is 11.2. The van der Waals surface area contributed by atoms with Crippen LogP contribution in [0.25, 0.3) is 10.9 Å². The largest absolute Gasteiger partial charge is 0.390 e. The third-order valence-corrected chi connectivity index (χ3v) is 3.01. The summed E-state index contributed by atoms with van der Waals surface area (Å²) in [5, 5.41) is 11.1. The van der Waals surface area contributed by atoms with Gasteiger partial charge in [0.25, 0.3) is 0 Å². The number of hydrogen-bond donors (Lipinski definition) is 2. The van der Waals surface area contributed by atoms with Crippen molar-refractivity contribution >= 4 is 10.9 Å². The molecule has 0 radical (unpaired) electrons. The third-order valence-electron chi connectivity index (χ3n) is 3.01. The standard InChI is InChI=1S/C14H19NO/c1-10-11(8-9-14(2,3)16)12-6-4-5-7-13(12)15-10/h4-7,15-16H,8-9H2,1-3H3. The van der Waals surface area contributed by atoms with Gasteiger partial charge in [0.05, 0.1) is 5.60 Å². The molecule has 0 aliphatic carbocycles. The van der Waals surface area contributed by atoms with Crippen molar-refractivity contribution in [3.8, 4) is 0 Å². The molecule has 2 aromatic rings. The van der Waals surface area contributed by atoms with Crippen LogP contribution in [-0.4, -0.2) is 15.7 Å². The summed E-state index contributed by atoms with van der Waals surface area (Å²) < 4.78 is 0. The number of aromatic amines is 1. The lowest BCUT2D eigenvalue weighted by atomic mass is 9.97. The van der Waals surface area contributed by atoms with E-state index in [4.69, 9.17) is 0 Å². The van der Waals surface area contributed by atoms with Gasteiger partial charge in [-0.3, -0.25) is 0 Å². The summed E-state index contributed by atoms with van der Waals surface area (Å²) in [6.07, 6.45) is 1.70. The van der Waals surface area contributed by atoms with Gasteiger partial charge in [0, 0.05) is 16.6 Å². The van der Waals surface area contributed by atoms with E-state index in [-0.39, 0.29) is 0 Å². The molecule has 0 saturated carbocycles. The molecular weight excluding hydrogens is 198 g/mol. The zero-order valence-corrected chi connectivity index (χ0v) is 10.2. The summed E-state index contributed by atoms with van der Waals surface area (Å²) in [6.45, 7) is 5.81. The maximum absolute atomic E-state index is 9.77. The van der Waals surface area contributed by atoms with E-state index < -0.39 is 5.60 Å². The number of aliphatic hydroxyl groups is 1. The number of fused-ring (bicyclic) bond motifs is 1. The number of H-pyrrole nitrogens is 1. The van der Waals surface area contributed by atoms with Crippen LogP contribution >= 0.6 is 0 Å². The van der Waals surface area contributed by atoms with Gasteiger partial charge in [0.1, 0.15) is 0 Å². The fraction of sp³-hybridized carbons (Fsp3) is 0.429. The van der Waals surface area contributed by atoms with Crippen LogP contribution < -0.4 is 0 Å². The van der Waals surface area contributed by atoms with Crippen molar-refractivity contribution in [1.82, 2.24) is 4.98 Å². The molecule has 0 bridgehead atoms. The predicted molar refractivity (Wildman–Crippen MR) is 67.7 cm³/mol. The van der Waals surface area contributed by atoms with Gasteiger partial charge in [0.2, 0.25) is 0 Å². The molecule has 2 N–H and O–H groups in total. The van der Waals surface area contributed by atoms with Crippen LogP contribution in [0, 0.1) is 6.92 Å². The highest BCUT2D eigenvalue weighted by Gasteiger charge is 2.15. The first-order valence-electron chi connectivity index (χ1n) is 5.76. The number of hydrogen-bond acceptors (Lipinski definition) is 1. The van der Waals surface area contributed by atoms with Crippen molar-refractivity contribution in [2.75, 3.05) is 0 Å². The fourth-order valence-corrected chi connectivity index (χ4v) is 2.09. The van der Waals surface area contributed by atoms with Crippen LogP contribution in [0.5, 0.6) is 0 Å². The molecule has 16 heavy (non-hydrogen) atoms. The molecule has 0 saturated heterocycles. The van der Waals surface area contributed by atoms with Gasteiger partial charge in [0.15, 0.2) is 0 Å². The molecule has 1 aromatic heterocycles. The second kappa shape index (κ2) is 3.95. The van der Waals surface area contributed by atoms with Crippen molar-refractivity contribution in [3.05, 3.63) is 35.5 Å². The van der Waals surface area contributed by atoms with Gasteiger partial charge in [-0.05, 0) is 45.2 Å². The highest BCUT2D eigenvalue weighted by atomic mass is 16.3. The Kier molecular flexibility index (Phi) is 2.76. The van der Waals surface area contributed by atoms with Crippen LogP contribution in [0.2, 0.25) is 0 Å². The van der Waals surface area contributed by atoms with Crippen LogP contribution in [0.15, 0.2) is 24.3 Å². The lowest BCUT2D eigenvalue weighted by Gasteiger charge is -2.16. The van der Waals surface area contributed by atoms with Crippen LogP contribution in [0.1, 0.15) is 31.5 Å². The zero-order valence-electron chi connectivity index (χ0n) is 10.2. The Bertz CT molecular complexity index is 491. The van der Waals surface area contributed by atoms with Crippen molar-refractivity contribution in [3.63, 3.8) is 0 Å². The Hall–Kier alpha value is -1.28. The van der Waals surface area contributed by atoms with Gasteiger partial charge in [-0.25, -0.2) is 0 Å². The van der Waals surface area contributed by atoms with Crippen LogP contribution in [0.3, 0.4) is 0 Å². The van der Waals surface area contributed by atoms with E-state index in [1.807, 2.05) is 19.9 Å². The van der Waals surface area contributed by atoms with Crippen molar-refractivity contribution in [2.45, 2.75) is 39.2 Å². The molecule has 2 rings (SSSR count). The summed E-state index contributed by atoms with van der Waals surface area (Å²) in [7, 11) is 0. The lowest BCUT2D eigenvalue weighted by molar-refractivity contribution is 0.0714. The molecule has 2 heteroatoms. The van der Waals surface area contributed by atoms with Crippen molar-refractivity contribution in [2.24, 2.45) is 0 Å². The second-order valence-corrected chi connectivity index (χ2v) is 5.09. The highest BCUT2D eigenvalue weighted by molar-refractivity contribution is 5.84. The van der Waals surface area contributed by atoms with Crippen LogP contribution in [-0.2, 0) is 6.42 Å². The van der Waals surface area contributed by atoms with E-state index in [1.54, 1.807) is 0 Å². The minimum Gasteiger partial charge on any atom is -0.390 e. The van der Waals surface area contributed by atoms with Gasteiger partial charge < -0.3 is 10.1 Å². The Balaban J connectivity index is 2.33. The lowest BCUT2D eigenvalue weighted by Crippen LogP contribution is -2.19. The van der Waals surface area contributed by atoms with E-state index in [2.05, 4.69) is 30.1 Å². The highest BCUT2D eigenvalue weighted by Crippen LogP contribution is 2.24. The maximum atomic E-state index is 9.77. The first-order chi connectivity index (χ1) is 7.47. The zero-order chi connectivity index (χ0) is 11.8. The molecule has 86 valence electrons. The number of benzene rings is 1. The molecule has 1 heterocycles. The topological polar surface area (TPSA) is 36.0 Å². The van der Waals surface area contributed by atoms with Crippen LogP contribution in [0.4, 0.5) is 0 Å². The minimum absolute atomic E-state index is 0.592. The molecule has 0 amide bonds. The summed E-state index contributed by atoms with van der Waals surface area (Å²) in [4.78, 5) is 3.38. The van der Waals surface area contributed by atoms with Gasteiger partial charge in [-0.1, -0.05) is 18.2 Å². The Morgan fingerprint density at radius 2 is 1.94 bits per heavy atom. The summed E-state index contributed by atoms with van der Waals surface area (Å²) in [5.74, 6) is 0. The minimum atomic E-state index is -0.592. The van der Waals surface area contributed by atoms with E-state index in [0.29, 0.717) is 0 Å². The molecule has 0 spiro atoms. The number of aromatic nitrogens is 1. The fourth-order valence-electron chi connectivity index (χ4n) is 2.09. The van der Waals surface area contributed by atoms with E-state index >= 15 is 0 Å². The summed E-state index contributed by atoms with van der Waals surface area (Å²) in [6, 6.07) is 8.33. The normalized spacial score (nSPS) is 12.2. The van der Waals surface area contributed by atoms with Crippen molar-refractivity contribution < 1.29 is 5.11 Å². The van der Waals surface area contributed by atoms with Gasteiger partial charge >= 0.3 is 0 Å². The molecule has 0 fully saturated rings. The monoisotopic (exact) mass is 217 g/mol.